The highest BCUT2D eigenvalue weighted by Gasteiger charge is 2.54. The lowest BCUT2D eigenvalue weighted by atomic mass is 9.74. The monoisotopic (exact) mass is 1060 g/mol. The standard InChI is InChI=1S/C57H93N3O15/c1-15-45-56(10,67-34-61)31-36(3)47(59-68-28-22-27-42-23-18-16-19-24-42)35(2)30-55(9,65)50(75-53-49(44(60(12)13)29-37(4)69-53)74-54(64)58-33-43-25-20-17-21-26-43)38(5)48(39(6)52(63)72-45)73-46-32-57(11,66-14)51(40(7)70-46)71-41(8)62/h17,20-21,25-26,34-40,42,44-46,48-51,53,65H,15-16,18-19,22-24,27-33H2,1-14H3,(H,58,64)/b59-47+/t35-,36-,37-,38+,39-,40+,44+,45-,46+,48+,49-,50-,51+,53+,55-,56+,57-/m1/s1. The topological polar surface area (TPSA) is 208 Å². The van der Waals surface area contributed by atoms with E-state index < -0.39 is 108 Å². The number of benzene rings is 1. The number of amides is 1. The molecule has 4 fully saturated rings. The molecule has 426 valence electrons. The van der Waals surface area contributed by atoms with Gasteiger partial charge in [0.05, 0.1) is 47.7 Å². The lowest BCUT2D eigenvalue weighted by Gasteiger charge is -2.49. The van der Waals surface area contributed by atoms with E-state index in [1.54, 1.807) is 27.7 Å². The number of esters is 2. The molecule has 1 saturated carbocycles. The molecule has 4 aliphatic rings. The summed E-state index contributed by atoms with van der Waals surface area (Å²) in [6.07, 6.45) is 0.268. The van der Waals surface area contributed by atoms with Crippen LogP contribution in [0.1, 0.15) is 159 Å². The molecule has 75 heavy (non-hydrogen) atoms. The minimum Gasteiger partial charge on any atom is -0.458 e. The molecule has 0 aromatic heterocycles. The molecule has 5 rings (SSSR count). The van der Waals surface area contributed by atoms with E-state index in [1.165, 1.54) is 46.1 Å². The van der Waals surface area contributed by atoms with Gasteiger partial charge >= 0.3 is 18.0 Å². The summed E-state index contributed by atoms with van der Waals surface area (Å²) in [7, 11) is 5.32. The molecule has 1 aromatic rings. The van der Waals surface area contributed by atoms with Crippen molar-refractivity contribution < 1.29 is 71.8 Å². The number of nitrogens with one attached hydrogen (secondary N) is 1. The molecule has 2 N–H and O–H groups in total. The maximum Gasteiger partial charge on any atom is 0.407 e. The number of ether oxygens (including phenoxy) is 9. The highest BCUT2D eigenvalue weighted by Crippen LogP contribution is 2.42. The Kier molecular flexibility index (Phi) is 23.2. The van der Waals surface area contributed by atoms with Crippen molar-refractivity contribution in [1.29, 1.82) is 0 Å². The zero-order valence-corrected chi connectivity index (χ0v) is 47.6. The van der Waals surface area contributed by atoms with E-state index in [1.807, 2.05) is 90.9 Å². The van der Waals surface area contributed by atoms with Crippen LogP contribution in [0.15, 0.2) is 35.5 Å². The molecular formula is C57H93N3O15. The quantitative estimate of drug-likeness (QED) is 0.0463. The van der Waals surface area contributed by atoms with Gasteiger partial charge in [0.2, 0.25) is 0 Å². The molecule has 1 aromatic carbocycles. The Labute approximate surface area is 447 Å². The molecule has 0 radical (unpaired) electrons. The zero-order valence-electron chi connectivity index (χ0n) is 47.6. The van der Waals surface area contributed by atoms with Gasteiger partial charge in [0, 0.05) is 44.8 Å². The van der Waals surface area contributed by atoms with Gasteiger partial charge in [-0.3, -0.25) is 14.4 Å². The number of hydrogen-bond donors (Lipinski definition) is 2. The second-order valence-corrected chi connectivity index (χ2v) is 23.0. The Morgan fingerprint density at radius 1 is 0.893 bits per heavy atom. The van der Waals surface area contributed by atoms with Crippen LogP contribution in [0.25, 0.3) is 0 Å². The van der Waals surface area contributed by atoms with Crippen LogP contribution in [-0.4, -0.2) is 146 Å². The predicted molar refractivity (Wildman–Crippen MR) is 281 cm³/mol. The number of nitrogens with zero attached hydrogens (tertiary/aromatic N) is 2. The number of methoxy groups -OCH3 is 1. The maximum absolute atomic E-state index is 14.9. The molecule has 3 saturated heterocycles. The van der Waals surface area contributed by atoms with Crippen LogP contribution in [-0.2, 0) is 68.4 Å². The zero-order chi connectivity index (χ0) is 55.3. The Morgan fingerprint density at radius 2 is 1.57 bits per heavy atom. The van der Waals surface area contributed by atoms with Crippen molar-refractivity contribution in [2.45, 2.75) is 238 Å². The van der Waals surface area contributed by atoms with Gasteiger partial charge < -0.3 is 62.8 Å². The fraction of sp³-hybridized carbons (Fsp3) is 0.807. The van der Waals surface area contributed by atoms with Gasteiger partial charge in [-0.1, -0.05) is 95.3 Å². The van der Waals surface area contributed by atoms with Crippen LogP contribution in [0.5, 0.6) is 0 Å². The molecule has 0 bridgehead atoms. The summed E-state index contributed by atoms with van der Waals surface area (Å²) in [6, 6.07) is 9.11. The number of carbonyl (C=O) groups excluding carboxylic acids is 4. The molecule has 1 aliphatic carbocycles. The summed E-state index contributed by atoms with van der Waals surface area (Å²) in [5.41, 5.74) is -2.64. The molecule has 18 heteroatoms. The summed E-state index contributed by atoms with van der Waals surface area (Å²) in [6.45, 7) is 20.6. The minimum absolute atomic E-state index is 0.0653. The number of carbonyl (C=O) groups is 4. The molecule has 0 spiro atoms. The Morgan fingerprint density at radius 3 is 2.20 bits per heavy atom. The SMILES string of the molecule is CC[C@H]1OC(=O)[C@H](C)[C@@H](O[C@H]2C[C@@](C)(OC)[C@@H](OC(C)=O)[C@H](C)O2)[C@H](C)[C@@H](O[C@@H]2O[C@H](C)C[C@H](N(C)C)[C@H]2OC(=O)NCc2ccccc2)[C@](C)(O)C[C@@H](C)/C(=N\OCCCC2CCCCC2)[C@H](C)C[C@]1(C)OC=O. The van der Waals surface area contributed by atoms with E-state index >= 15 is 0 Å². The van der Waals surface area contributed by atoms with E-state index in [2.05, 4.69) is 5.32 Å². The summed E-state index contributed by atoms with van der Waals surface area (Å²) >= 11 is 0. The number of cyclic esters (lactones) is 1. The number of rotatable bonds is 18. The number of hydrogen-bond acceptors (Lipinski definition) is 17. The van der Waals surface area contributed by atoms with Crippen molar-refractivity contribution in [1.82, 2.24) is 10.2 Å². The van der Waals surface area contributed by atoms with Crippen LogP contribution in [0.2, 0.25) is 0 Å². The highest BCUT2D eigenvalue weighted by atomic mass is 16.7. The van der Waals surface area contributed by atoms with Crippen molar-refractivity contribution in [2.75, 3.05) is 27.8 Å². The number of likely N-dealkylation sites (N-methyl/N-ethyl adjacent to an activating group) is 1. The van der Waals surface area contributed by atoms with E-state index in [0.717, 1.165) is 18.4 Å². The summed E-state index contributed by atoms with van der Waals surface area (Å²) in [4.78, 5) is 61.5. The van der Waals surface area contributed by atoms with Gasteiger partial charge in [0.1, 0.15) is 23.9 Å². The van der Waals surface area contributed by atoms with Crippen molar-refractivity contribution in [3.63, 3.8) is 0 Å². The highest BCUT2D eigenvalue weighted by molar-refractivity contribution is 5.88. The largest absolute Gasteiger partial charge is 0.458 e. The van der Waals surface area contributed by atoms with E-state index in [9.17, 15) is 24.3 Å². The number of alkyl carbamates (subject to hydrolysis) is 1. The predicted octanol–water partition coefficient (Wildman–Crippen LogP) is 8.66. The second-order valence-electron chi connectivity index (χ2n) is 23.0. The third kappa shape index (κ3) is 16.8. The Bertz CT molecular complexity index is 1990. The summed E-state index contributed by atoms with van der Waals surface area (Å²) < 4.78 is 57.7. The van der Waals surface area contributed by atoms with Gasteiger partial charge in [-0.05, 0) is 106 Å². The first-order valence-corrected chi connectivity index (χ1v) is 27.7. The van der Waals surface area contributed by atoms with Crippen molar-refractivity contribution in [2.24, 2.45) is 34.7 Å². The number of aliphatic hydroxyl groups is 1. The van der Waals surface area contributed by atoms with Crippen LogP contribution < -0.4 is 5.32 Å². The van der Waals surface area contributed by atoms with Crippen molar-refractivity contribution >= 4 is 30.2 Å². The third-order valence-electron chi connectivity index (χ3n) is 16.4. The average molecular weight is 1060 g/mol. The summed E-state index contributed by atoms with van der Waals surface area (Å²) in [5, 5.41) is 21.1. The first-order chi connectivity index (χ1) is 35.4. The van der Waals surface area contributed by atoms with Gasteiger partial charge in [-0.15, -0.1) is 0 Å². The van der Waals surface area contributed by atoms with E-state index in [4.69, 9.17) is 52.6 Å². The fourth-order valence-electron chi connectivity index (χ4n) is 12.3. The van der Waals surface area contributed by atoms with Gasteiger partial charge in [0.25, 0.3) is 6.47 Å². The Balaban J connectivity index is 1.61. The van der Waals surface area contributed by atoms with Crippen LogP contribution in [0.3, 0.4) is 0 Å². The van der Waals surface area contributed by atoms with Crippen LogP contribution >= 0.6 is 0 Å². The lowest BCUT2D eigenvalue weighted by Crippen LogP contribution is -2.61. The molecular weight excluding hydrogens is 967 g/mol. The van der Waals surface area contributed by atoms with Crippen molar-refractivity contribution in [3.8, 4) is 0 Å². The first kappa shape index (κ1) is 61.9. The summed E-state index contributed by atoms with van der Waals surface area (Å²) in [5.74, 6) is -3.29. The fourth-order valence-corrected chi connectivity index (χ4v) is 12.3. The number of oxime groups is 1. The minimum atomic E-state index is -1.76. The molecule has 18 nitrogen and oxygen atoms in total. The lowest BCUT2D eigenvalue weighted by molar-refractivity contribution is -0.318. The van der Waals surface area contributed by atoms with Crippen molar-refractivity contribution in [3.05, 3.63) is 35.9 Å². The molecule has 1 amide bonds. The molecule has 3 heterocycles. The van der Waals surface area contributed by atoms with Crippen LogP contribution in [0, 0.1) is 29.6 Å². The van der Waals surface area contributed by atoms with Crippen LogP contribution in [0.4, 0.5) is 4.79 Å². The van der Waals surface area contributed by atoms with E-state index in [0.29, 0.717) is 37.6 Å². The Hall–Kier alpha value is -3.91. The maximum atomic E-state index is 14.9. The van der Waals surface area contributed by atoms with Gasteiger partial charge in [-0.2, -0.15) is 0 Å². The first-order valence-electron chi connectivity index (χ1n) is 27.7. The molecule has 3 aliphatic heterocycles. The second kappa shape index (κ2) is 28.1. The van der Waals surface area contributed by atoms with E-state index in [-0.39, 0.29) is 38.0 Å². The molecule has 17 atom stereocenters. The van der Waals surface area contributed by atoms with Gasteiger partial charge in [0.15, 0.2) is 24.8 Å². The normalized spacial score (nSPS) is 38.2. The van der Waals surface area contributed by atoms with Gasteiger partial charge in [-0.25, -0.2) is 4.79 Å². The molecule has 0 unspecified atom stereocenters. The third-order valence-corrected chi connectivity index (χ3v) is 16.4. The average Bonchev–Trinajstić information content (AvgIpc) is 3.35. The smallest absolute Gasteiger partial charge is 0.407 e.